The maximum Gasteiger partial charge on any atom is 0.131 e. The van der Waals surface area contributed by atoms with Gasteiger partial charge in [-0.2, -0.15) is 0 Å². The van der Waals surface area contributed by atoms with E-state index in [4.69, 9.17) is 0 Å². The molecule has 1 N–H and O–H groups in total. The van der Waals surface area contributed by atoms with Crippen LogP contribution in [0.4, 0.5) is 0 Å². The van der Waals surface area contributed by atoms with E-state index in [1.54, 1.807) is 0 Å². The van der Waals surface area contributed by atoms with Crippen LogP contribution in [0.1, 0.15) is 16.7 Å². The molecule has 18 heavy (non-hydrogen) atoms. The second-order valence-electron chi connectivity index (χ2n) is 3.96. The lowest BCUT2D eigenvalue weighted by atomic mass is 10.1. The van der Waals surface area contributed by atoms with Gasteiger partial charge in [0.25, 0.3) is 0 Å². The Hall–Kier alpha value is -1.23. The molecule has 2 aromatic heterocycles. The molecule has 1 aromatic carbocycles. The Labute approximate surface area is 117 Å². The molecule has 3 aromatic rings. The fourth-order valence-corrected chi connectivity index (χ4v) is 3.45. The highest BCUT2D eigenvalue weighted by Gasteiger charge is 2.16. The Morgan fingerprint density at radius 3 is 2.72 bits per heavy atom. The van der Waals surface area contributed by atoms with Crippen LogP contribution in [0, 0.1) is 0 Å². The van der Waals surface area contributed by atoms with Gasteiger partial charge in [0, 0.05) is 9.86 Å². The Kier molecular flexibility index (Phi) is 3.16. The Morgan fingerprint density at radius 2 is 1.94 bits per heavy atom. The van der Waals surface area contributed by atoms with Crippen molar-refractivity contribution in [2.24, 2.45) is 0 Å². The molecule has 0 aliphatic heterocycles. The summed E-state index contributed by atoms with van der Waals surface area (Å²) in [5.74, 6) is 0. The van der Waals surface area contributed by atoms with E-state index in [2.05, 4.69) is 20.9 Å². The third-order valence-corrected chi connectivity index (χ3v) is 4.72. The van der Waals surface area contributed by atoms with E-state index in [0.717, 1.165) is 20.3 Å². The molecule has 0 aliphatic rings. The van der Waals surface area contributed by atoms with Crippen LogP contribution < -0.4 is 0 Å². The van der Waals surface area contributed by atoms with Crippen LogP contribution in [0.3, 0.4) is 0 Å². The Morgan fingerprint density at radius 1 is 1.11 bits per heavy atom. The van der Waals surface area contributed by atoms with Crippen molar-refractivity contribution in [1.29, 1.82) is 0 Å². The molecule has 0 spiro atoms. The van der Waals surface area contributed by atoms with Crippen LogP contribution in [0.25, 0.3) is 10.9 Å². The SMILES string of the molecule is OC(c1ccc2ccccc2n1)c1sccc1Br. The molecule has 1 unspecified atom stereocenters. The molecule has 0 radical (unpaired) electrons. The molecule has 0 amide bonds. The van der Waals surface area contributed by atoms with E-state index >= 15 is 0 Å². The van der Waals surface area contributed by atoms with Crippen LogP contribution in [-0.4, -0.2) is 10.1 Å². The zero-order valence-electron chi connectivity index (χ0n) is 9.38. The van der Waals surface area contributed by atoms with E-state index < -0.39 is 6.10 Å². The van der Waals surface area contributed by atoms with Gasteiger partial charge in [0.1, 0.15) is 6.10 Å². The number of benzene rings is 1. The van der Waals surface area contributed by atoms with Crippen molar-refractivity contribution in [3.63, 3.8) is 0 Å². The fourth-order valence-electron chi connectivity index (χ4n) is 1.87. The molecule has 0 bridgehead atoms. The summed E-state index contributed by atoms with van der Waals surface area (Å²) in [6.07, 6.45) is -0.677. The zero-order chi connectivity index (χ0) is 12.5. The first-order valence-electron chi connectivity index (χ1n) is 5.52. The number of rotatable bonds is 2. The molecule has 90 valence electrons. The van der Waals surface area contributed by atoms with E-state index in [0.29, 0.717) is 5.69 Å². The number of aliphatic hydroxyl groups excluding tert-OH is 1. The second kappa shape index (κ2) is 4.80. The first-order chi connectivity index (χ1) is 8.75. The fraction of sp³-hybridized carbons (Fsp3) is 0.0714. The van der Waals surface area contributed by atoms with Gasteiger partial charge in [-0.3, -0.25) is 0 Å². The summed E-state index contributed by atoms with van der Waals surface area (Å²) in [4.78, 5) is 5.39. The number of aromatic nitrogens is 1. The molecule has 0 saturated carbocycles. The minimum absolute atomic E-state index is 0.677. The quantitative estimate of drug-likeness (QED) is 0.770. The van der Waals surface area contributed by atoms with Crippen molar-refractivity contribution < 1.29 is 5.11 Å². The standard InChI is InChI=1S/C14H10BrNOS/c15-10-7-8-18-14(10)13(17)12-6-5-9-3-1-2-4-11(9)16-12/h1-8,13,17H. The van der Waals surface area contributed by atoms with Gasteiger partial charge in [0.15, 0.2) is 0 Å². The Bertz CT molecular complexity index is 695. The first kappa shape index (κ1) is 11.8. The lowest BCUT2D eigenvalue weighted by molar-refractivity contribution is 0.219. The topological polar surface area (TPSA) is 33.1 Å². The minimum atomic E-state index is -0.677. The van der Waals surface area contributed by atoms with Gasteiger partial charge in [0.2, 0.25) is 0 Å². The molecule has 0 aliphatic carbocycles. The highest BCUT2D eigenvalue weighted by atomic mass is 79.9. The van der Waals surface area contributed by atoms with Crippen LogP contribution in [0.5, 0.6) is 0 Å². The number of nitrogens with zero attached hydrogens (tertiary/aromatic N) is 1. The van der Waals surface area contributed by atoms with Gasteiger partial charge in [0.05, 0.1) is 16.1 Å². The van der Waals surface area contributed by atoms with Crippen LogP contribution in [0.15, 0.2) is 52.3 Å². The molecular weight excluding hydrogens is 310 g/mol. The van der Waals surface area contributed by atoms with Gasteiger partial charge < -0.3 is 5.11 Å². The molecule has 3 rings (SSSR count). The van der Waals surface area contributed by atoms with Crippen molar-refractivity contribution in [3.8, 4) is 0 Å². The first-order valence-corrected chi connectivity index (χ1v) is 7.19. The van der Waals surface area contributed by atoms with Crippen molar-refractivity contribution >= 4 is 38.2 Å². The summed E-state index contributed by atoms with van der Waals surface area (Å²) < 4.78 is 0.926. The largest absolute Gasteiger partial charge is 0.381 e. The lowest BCUT2D eigenvalue weighted by Crippen LogP contribution is -2.00. The number of pyridine rings is 1. The third kappa shape index (κ3) is 2.07. The predicted octanol–water partition coefficient (Wildman–Crippen LogP) is 4.14. The van der Waals surface area contributed by atoms with Crippen molar-refractivity contribution in [3.05, 3.63) is 62.9 Å². The van der Waals surface area contributed by atoms with Gasteiger partial charge >= 0.3 is 0 Å². The summed E-state index contributed by atoms with van der Waals surface area (Å²) in [5.41, 5.74) is 1.58. The van der Waals surface area contributed by atoms with Gasteiger partial charge in [-0.25, -0.2) is 4.98 Å². The maximum absolute atomic E-state index is 10.3. The maximum atomic E-state index is 10.3. The molecular formula is C14H10BrNOS. The van der Waals surface area contributed by atoms with Crippen LogP contribution in [0.2, 0.25) is 0 Å². The normalized spacial score (nSPS) is 12.8. The summed E-state index contributed by atoms with van der Waals surface area (Å²) in [5, 5.41) is 13.4. The summed E-state index contributed by atoms with van der Waals surface area (Å²) in [6.45, 7) is 0. The average molecular weight is 320 g/mol. The van der Waals surface area contributed by atoms with Crippen molar-refractivity contribution in [2.75, 3.05) is 0 Å². The molecule has 4 heteroatoms. The molecule has 2 heterocycles. The number of halogens is 1. The number of hydrogen-bond donors (Lipinski definition) is 1. The molecule has 1 atom stereocenters. The summed E-state index contributed by atoms with van der Waals surface area (Å²) in [6, 6.07) is 13.7. The molecule has 0 saturated heterocycles. The number of para-hydroxylation sites is 1. The zero-order valence-corrected chi connectivity index (χ0v) is 11.8. The van der Waals surface area contributed by atoms with E-state index in [9.17, 15) is 5.11 Å². The molecule has 2 nitrogen and oxygen atoms in total. The van der Waals surface area contributed by atoms with Crippen molar-refractivity contribution in [2.45, 2.75) is 6.10 Å². The van der Waals surface area contributed by atoms with Gasteiger partial charge in [-0.1, -0.05) is 24.3 Å². The number of aliphatic hydroxyl groups is 1. The summed E-state index contributed by atoms with van der Waals surface area (Å²) >= 11 is 4.96. The minimum Gasteiger partial charge on any atom is -0.381 e. The van der Waals surface area contributed by atoms with E-state index in [1.165, 1.54) is 11.3 Å². The third-order valence-electron chi connectivity index (χ3n) is 2.79. The highest BCUT2D eigenvalue weighted by Crippen LogP contribution is 2.32. The lowest BCUT2D eigenvalue weighted by Gasteiger charge is -2.09. The highest BCUT2D eigenvalue weighted by molar-refractivity contribution is 9.10. The summed E-state index contributed by atoms with van der Waals surface area (Å²) in [7, 11) is 0. The molecule has 0 fully saturated rings. The predicted molar refractivity (Wildman–Crippen MR) is 77.8 cm³/mol. The van der Waals surface area contributed by atoms with Gasteiger partial charge in [-0.15, -0.1) is 11.3 Å². The monoisotopic (exact) mass is 319 g/mol. The second-order valence-corrected chi connectivity index (χ2v) is 5.77. The van der Waals surface area contributed by atoms with Crippen LogP contribution >= 0.6 is 27.3 Å². The number of hydrogen-bond acceptors (Lipinski definition) is 3. The number of thiophene rings is 1. The van der Waals surface area contributed by atoms with Crippen LogP contribution in [-0.2, 0) is 0 Å². The van der Waals surface area contributed by atoms with Crippen molar-refractivity contribution in [1.82, 2.24) is 4.98 Å². The van der Waals surface area contributed by atoms with E-state index in [-0.39, 0.29) is 0 Å². The van der Waals surface area contributed by atoms with Gasteiger partial charge in [-0.05, 0) is 39.5 Å². The average Bonchev–Trinajstić information content (AvgIpc) is 2.83. The Balaban J connectivity index is 2.07. The van der Waals surface area contributed by atoms with E-state index in [1.807, 2.05) is 47.8 Å². The smallest absolute Gasteiger partial charge is 0.131 e. The number of fused-ring (bicyclic) bond motifs is 1.